The monoisotopic (exact) mass is 678 g/mol. The van der Waals surface area contributed by atoms with E-state index in [0.717, 1.165) is 43.8 Å². The van der Waals surface area contributed by atoms with Crippen LogP contribution < -0.4 is 23.2 Å². The fourth-order valence-electron chi connectivity index (χ4n) is 5.51. The van der Waals surface area contributed by atoms with Gasteiger partial charge < -0.3 is 0 Å². The van der Waals surface area contributed by atoms with Gasteiger partial charge in [-0.1, -0.05) is 103 Å². The smallest absolute Gasteiger partial charge is 0.274 e. The lowest BCUT2D eigenvalue weighted by Gasteiger charge is -2.17. The summed E-state index contributed by atoms with van der Waals surface area (Å²) >= 11 is 1.53. The van der Waals surface area contributed by atoms with E-state index in [1.165, 1.54) is 16.2 Å². The van der Waals surface area contributed by atoms with Gasteiger partial charge in [0.2, 0.25) is 0 Å². The van der Waals surface area contributed by atoms with Crippen LogP contribution >= 0.6 is 11.3 Å². The lowest BCUT2D eigenvalue weighted by atomic mass is 9.99. The summed E-state index contributed by atoms with van der Waals surface area (Å²) in [7, 11) is -4.94. The van der Waals surface area contributed by atoms with Gasteiger partial charge in [-0.2, -0.15) is 4.57 Å². The molecule has 48 heavy (non-hydrogen) atoms. The molecule has 6 aromatic rings. The van der Waals surface area contributed by atoms with Gasteiger partial charge in [0, 0.05) is 24.1 Å². The van der Waals surface area contributed by atoms with Crippen LogP contribution in [0.5, 0.6) is 0 Å². The molecule has 0 saturated heterocycles. The molecule has 0 bridgehead atoms. The van der Waals surface area contributed by atoms with E-state index in [1.54, 1.807) is 24.3 Å². The molecular weight excluding hydrogens is 652 g/mol. The van der Waals surface area contributed by atoms with E-state index < -0.39 is 10.2 Å². The zero-order valence-corrected chi connectivity index (χ0v) is 26.8. The number of fused-ring (bicyclic) bond motifs is 1. The molecule has 0 N–H and O–H groups in total. The highest BCUT2D eigenvalue weighted by Gasteiger charge is 2.34. The van der Waals surface area contributed by atoms with Crippen molar-refractivity contribution < 1.29 is 43.0 Å². The topological polar surface area (TPSA) is 159 Å². The van der Waals surface area contributed by atoms with Crippen LogP contribution in [0.3, 0.4) is 0 Å². The zero-order valence-electron chi connectivity index (χ0n) is 25.3. The molecule has 10 nitrogen and oxygen atoms in total. The minimum atomic E-state index is -4.94. The number of rotatable bonds is 8. The highest BCUT2D eigenvalue weighted by atomic mass is 35.7. The number of nitrogens with zero attached hydrogens (tertiary/aromatic N) is 4. The minimum absolute atomic E-state index is 0.229. The first-order chi connectivity index (χ1) is 23.2. The fraction of sp³-hybridized carbons (Fsp3) is 0.0833. The molecular formula is C36H27ClN4O6S. The average Bonchev–Trinajstić information content (AvgIpc) is 3.67. The van der Waals surface area contributed by atoms with E-state index in [0.29, 0.717) is 30.5 Å². The van der Waals surface area contributed by atoms with Gasteiger partial charge in [-0.3, -0.25) is 14.5 Å². The molecule has 1 aliphatic rings. The number of amides is 2. The van der Waals surface area contributed by atoms with Crippen molar-refractivity contribution in [2.24, 2.45) is 0 Å². The van der Waals surface area contributed by atoms with Gasteiger partial charge in [0.05, 0.1) is 16.2 Å². The Balaban J connectivity index is 0.000000749. The lowest BCUT2D eigenvalue weighted by Crippen LogP contribution is -2.68. The normalized spacial score (nSPS) is 12.5. The average molecular weight is 679 g/mol. The summed E-state index contributed by atoms with van der Waals surface area (Å²) in [5.74, 6) is -0.458. The van der Waals surface area contributed by atoms with Crippen molar-refractivity contribution in [1.29, 1.82) is 0 Å². The van der Waals surface area contributed by atoms with Crippen LogP contribution in [0.4, 0.5) is 0 Å². The number of hydrogen-bond donors (Lipinski definition) is 0. The number of halogens is 1. The first-order valence-corrected chi connectivity index (χ1v) is 16.9. The molecule has 0 unspecified atom stereocenters. The Morgan fingerprint density at radius 1 is 0.604 bits per heavy atom. The number of imide groups is 1. The second kappa shape index (κ2) is 14.3. The Morgan fingerprint density at radius 2 is 1.04 bits per heavy atom. The summed E-state index contributed by atoms with van der Waals surface area (Å²) in [5, 5.41) is 10.8. The van der Waals surface area contributed by atoms with Crippen LogP contribution in [0, 0.1) is 10.2 Å². The summed E-state index contributed by atoms with van der Waals surface area (Å²) in [6.07, 6.45) is 1.21. The van der Waals surface area contributed by atoms with Crippen LogP contribution in [0.25, 0.3) is 38.8 Å². The molecule has 0 aliphatic carbocycles. The van der Waals surface area contributed by atoms with E-state index in [4.69, 9.17) is 18.6 Å². The van der Waals surface area contributed by atoms with Crippen molar-refractivity contribution in [3.8, 4) is 38.8 Å². The molecule has 2 amide bonds. The third-order valence-electron chi connectivity index (χ3n) is 7.61. The second-order valence-corrected chi connectivity index (χ2v) is 12.5. The maximum Gasteiger partial charge on any atom is 0.415 e. The summed E-state index contributed by atoms with van der Waals surface area (Å²) in [5.41, 5.74) is 7.35. The Hall–Kier alpha value is -5.14. The number of aryl methyl sites for hydroxylation is 1. The van der Waals surface area contributed by atoms with E-state index in [1.807, 2.05) is 42.5 Å². The van der Waals surface area contributed by atoms with E-state index >= 15 is 0 Å². The second-order valence-electron chi connectivity index (χ2n) is 10.7. The number of pyridine rings is 1. The first-order valence-electron chi connectivity index (χ1n) is 14.8. The van der Waals surface area contributed by atoms with Gasteiger partial charge >= 0.3 is 5.13 Å². The number of carbonyl (C=O) groups is 2. The molecule has 3 heterocycles. The summed E-state index contributed by atoms with van der Waals surface area (Å²) in [4.78, 5) is 26.9. The predicted molar refractivity (Wildman–Crippen MR) is 168 cm³/mol. The largest absolute Gasteiger partial charge is 0.415 e. The standard InChI is InChI=1S/C36H27N4O2S.ClHO4/c41-34-29-19-10-11-20-30(29)35(42)39(34)22-12-21-33-37-38-36(43-33)40-31(26-15-6-2-7-16-26)23-28(25-13-4-1-5-14-25)24-32(40)27-17-8-3-9-18-27;2-1(3,4)5/h1-11,13-20,23-24H,12,21-22H2;(H,2,3,4,5)/q+1;/p-1. The van der Waals surface area contributed by atoms with Crippen LogP contribution in [0.1, 0.15) is 32.1 Å². The number of benzene rings is 4. The molecule has 0 spiro atoms. The SMILES string of the molecule is O=C1c2ccccc2C(=O)N1CCCc1nnc(-[n+]2c(-c3ccccc3)cc(-c3ccccc3)cc2-c2ccccc2)s1.[O-][Cl+3]([O-])([O-])[O-]. The van der Waals surface area contributed by atoms with Gasteiger partial charge in [0.25, 0.3) is 11.8 Å². The number of aromatic nitrogens is 3. The molecule has 240 valence electrons. The van der Waals surface area contributed by atoms with E-state index in [-0.39, 0.29) is 11.8 Å². The van der Waals surface area contributed by atoms with Crippen molar-refractivity contribution >= 4 is 23.2 Å². The Labute approximate surface area is 282 Å². The predicted octanol–water partition coefficient (Wildman–Crippen LogP) is 2.29. The van der Waals surface area contributed by atoms with Gasteiger partial charge in [0.15, 0.2) is 0 Å². The quantitative estimate of drug-likeness (QED) is 0.175. The Bertz CT molecular complexity index is 1950. The molecule has 0 fully saturated rings. The molecule has 12 heteroatoms. The molecule has 0 saturated carbocycles. The molecule has 1 aliphatic heterocycles. The highest BCUT2D eigenvalue weighted by molar-refractivity contribution is 7.13. The van der Waals surface area contributed by atoms with Gasteiger partial charge in [-0.25, -0.2) is 18.6 Å². The van der Waals surface area contributed by atoms with Crippen LogP contribution in [-0.4, -0.2) is 33.5 Å². The van der Waals surface area contributed by atoms with Gasteiger partial charge in [-0.15, -0.1) is 10.2 Å². The Kier molecular flexibility index (Phi) is 9.78. The number of hydrogen-bond acceptors (Lipinski definition) is 9. The molecule has 4 aromatic carbocycles. The summed E-state index contributed by atoms with van der Waals surface area (Å²) in [6, 6.07) is 42.5. The number of carbonyl (C=O) groups excluding carboxylic acids is 2. The molecule has 7 rings (SSSR count). The van der Waals surface area contributed by atoms with Crippen molar-refractivity contribution in [1.82, 2.24) is 15.1 Å². The maximum absolute atomic E-state index is 12.8. The Morgan fingerprint density at radius 3 is 1.52 bits per heavy atom. The third kappa shape index (κ3) is 7.53. The lowest BCUT2D eigenvalue weighted by molar-refractivity contribution is -2.00. The van der Waals surface area contributed by atoms with Crippen LogP contribution in [0.2, 0.25) is 0 Å². The molecule has 0 atom stereocenters. The van der Waals surface area contributed by atoms with Gasteiger partial charge in [0.1, 0.15) is 16.4 Å². The summed E-state index contributed by atoms with van der Waals surface area (Å²) < 4.78 is 36.2. The highest BCUT2D eigenvalue weighted by Crippen LogP contribution is 2.31. The summed E-state index contributed by atoms with van der Waals surface area (Å²) in [6.45, 7) is 0.338. The molecule has 2 aromatic heterocycles. The van der Waals surface area contributed by atoms with Crippen molar-refractivity contribution in [3.63, 3.8) is 0 Å². The van der Waals surface area contributed by atoms with Crippen molar-refractivity contribution in [3.05, 3.63) is 144 Å². The van der Waals surface area contributed by atoms with Crippen molar-refractivity contribution in [2.45, 2.75) is 12.8 Å². The zero-order chi connectivity index (χ0) is 33.7. The van der Waals surface area contributed by atoms with Crippen LogP contribution in [-0.2, 0) is 6.42 Å². The van der Waals surface area contributed by atoms with Crippen LogP contribution in [0.15, 0.2) is 127 Å². The maximum atomic E-state index is 12.8. The fourth-order valence-corrected chi connectivity index (χ4v) is 6.42. The first kappa shape index (κ1) is 32.8. The van der Waals surface area contributed by atoms with E-state index in [9.17, 15) is 9.59 Å². The third-order valence-corrected chi connectivity index (χ3v) is 8.58. The van der Waals surface area contributed by atoms with Crippen molar-refractivity contribution in [2.75, 3.05) is 6.54 Å². The van der Waals surface area contributed by atoms with Gasteiger partial charge in [-0.05, 0) is 58.2 Å². The minimum Gasteiger partial charge on any atom is -0.274 e. The van der Waals surface area contributed by atoms with E-state index in [2.05, 4.69) is 75.4 Å². The molecule has 0 radical (unpaired) electrons.